The van der Waals surface area contributed by atoms with Crippen molar-refractivity contribution < 1.29 is 24.4 Å². The Morgan fingerprint density at radius 2 is 1.93 bits per heavy atom. The fourth-order valence-corrected chi connectivity index (χ4v) is 2.90. The van der Waals surface area contributed by atoms with Gasteiger partial charge in [0.15, 0.2) is 0 Å². The van der Waals surface area contributed by atoms with Crippen LogP contribution in [-0.2, 0) is 11.2 Å². The van der Waals surface area contributed by atoms with Crippen molar-refractivity contribution in [2.45, 2.75) is 32.2 Å². The average Bonchev–Trinajstić information content (AvgIpc) is 2.66. The zero-order valence-electron chi connectivity index (χ0n) is 15.7. The van der Waals surface area contributed by atoms with E-state index in [4.69, 9.17) is 9.84 Å². The molecule has 2 aromatic rings. The first-order chi connectivity index (χ1) is 13.3. The van der Waals surface area contributed by atoms with Gasteiger partial charge < -0.3 is 15.2 Å². The number of benzene rings is 2. The van der Waals surface area contributed by atoms with Gasteiger partial charge >= 0.3 is 5.97 Å². The minimum Gasteiger partial charge on any atom is -0.496 e. The number of carboxylic acids is 1. The quantitative estimate of drug-likeness (QED) is 0.505. The normalized spacial score (nSPS) is 11.5. The van der Waals surface area contributed by atoms with Crippen LogP contribution in [0.2, 0.25) is 0 Å². The molecule has 0 fully saturated rings. The molecule has 2 rings (SSSR count). The summed E-state index contributed by atoms with van der Waals surface area (Å²) in [5.41, 5.74) is 1.15. The highest BCUT2D eigenvalue weighted by Crippen LogP contribution is 2.29. The van der Waals surface area contributed by atoms with Crippen molar-refractivity contribution in [3.63, 3.8) is 0 Å². The van der Waals surface area contributed by atoms with Gasteiger partial charge in [0.1, 0.15) is 5.75 Å². The highest BCUT2D eigenvalue weighted by atomic mass is 16.6. The summed E-state index contributed by atoms with van der Waals surface area (Å²) in [6.45, 7) is 1.55. The summed E-state index contributed by atoms with van der Waals surface area (Å²) in [6.07, 6.45) is 0.584. The second-order valence-corrected chi connectivity index (χ2v) is 6.37. The summed E-state index contributed by atoms with van der Waals surface area (Å²) < 4.78 is 5.14. The number of carbonyl (C=O) groups is 2. The second-order valence-electron chi connectivity index (χ2n) is 6.37. The number of amides is 1. The second kappa shape index (κ2) is 9.50. The maximum absolute atomic E-state index is 12.7. The van der Waals surface area contributed by atoms with E-state index < -0.39 is 22.8 Å². The van der Waals surface area contributed by atoms with Crippen LogP contribution < -0.4 is 10.1 Å². The number of carboxylic acid groups (broad SMARTS) is 1. The Morgan fingerprint density at radius 1 is 1.25 bits per heavy atom. The largest absolute Gasteiger partial charge is 0.496 e. The van der Waals surface area contributed by atoms with Crippen molar-refractivity contribution in [1.29, 1.82) is 0 Å². The molecule has 0 saturated heterocycles. The minimum atomic E-state index is -0.958. The van der Waals surface area contributed by atoms with E-state index in [1.165, 1.54) is 19.2 Å². The molecule has 1 amide bonds. The van der Waals surface area contributed by atoms with E-state index >= 15 is 0 Å². The molecule has 1 unspecified atom stereocenters. The van der Waals surface area contributed by atoms with E-state index in [0.717, 1.165) is 5.56 Å². The first-order valence-corrected chi connectivity index (χ1v) is 8.71. The Bertz CT molecular complexity index is 866. The fourth-order valence-electron chi connectivity index (χ4n) is 2.90. The van der Waals surface area contributed by atoms with Crippen molar-refractivity contribution in [3.05, 3.63) is 69.3 Å². The SMILES string of the molecule is COc1cc(C(=O)NC(CCC(=O)O)Cc2ccccc2)cc([N+](=O)[O-])c1C. The number of aliphatic carboxylic acids is 1. The summed E-state index contributed by atoms with van der Waals surface area (Å²) in [4.78, 5) is 34.3. The molecular weight excluding hydrogens is 364 g/mol. The third-order valence-corrected chi connectivity index (χ3v) is 4.38. The lowest BCUT2D eigenvalue weighted by molar-refractivity contribution is -0.385. The highest BCUT2D eigenvalue weighted by molar-refractivity contribution is 5.95. The first-order valence-electron chi connectivity index (χ1n) is 8.71. The standard InChI is InChI=1S/C20H22N2O6/c1-13-17(22(26)27)11-15(12-18(13)28-2)20(25)21-16(8-9-19(23)24)10-14-6-4-3-5-7-14/h3-7,11-12,16H,8-10H2,1-2H3,(H,21,25)(H,23,24). The average molecular weight is 386 g/mol. The van der Waals surface area contributed by atoms with Gasteiger partial charge in [-0.2, -0.15) is 0 Å². The maximum Gasteiger partial charge on any atom is 0.303 e. The molecule has 2 aromatic carbocycles. The number of carbonyl (C=O) groups excluding carboxylic acids is 1. The van der Waals surface area contributed by atoms with Crippen LogP contribution in [0.15, 0.2) is 42.5 Å². The van der Waals surface area contributed by atoms with Crippen LogP contribution in [0.4, 0.5) is 5.69 Å². The summed E-state index contributed by atoms with van der Waals surface area (Å²) in [5, 5.41) is 23.0. The molecule has 8 heteroatoms. The molecule has 0 spiro atoms. The predicted molar refractivity (Wildman–Crippen MR) is 103 cm³/mol. The Hall–Kier alpha value is -3.42. The van der Waals surface area contributed by atoms with E-state index in [-0.39, 0.29) is 29.8 Å². The van der Waals surface area contributed by atoms with Crippen LogP contribution in [0.5, 0.6) is 5.75 Å². The van der Waals surface area contributed by atoms with Crippen LogP contribution in [0.1, 0.15) is 34.3 Å². The molecule has 0 radical (unpaired) electrons. The van der Waals surface area contributed by atoms with E-state index in [2.05, 4.69) is 5.32 Å². The Kier molecular flexibility index (Phi) is 7.08. The molecule has 28 heavy (non-hydrogen) atoms. The molecule has 0 aromatic heterocycles. The lowest BCUT2D eigenvalue weighted by atomic mass is 10.0. The van der Waals surface area contributed by atoms with Gasteiger partial charge in [-0.3, -0.25) is 19.7 Å². The van der Waals surface area contributed by atoms with Crippen molar-refractivity contribution >= 4 is 17.6 Å². The zero-order chi connectivity index (χ0) is 20.7. The van der Waals surface area contributed by atoms with Gasteiger partial charge in [0.25, 0.3) is 11.6 Å². The highest BCUT2D eigenvalue weighted by Gasteiger charge is 2.22. The lowest BCUT2D eigenvalue weighted by Gasteiger charge is -2.19. The smallest absolute Gasteiger partial charge is 0.303 e. The molecular formula is C20H22N2O6. The van der Waals surface area contributed by atoms with Gasteiger partial charge in [-0.1, -0.05) is 30.3 Å². The lowest BCUT2D eigenvalue weighted by Crippen LogP contribution is -2.37. The van der Waals surface area contributed by atoms with Crippen molar-refractivity contribution in [2.24, 2.45) is 0 Å². The van der Waals surface area contributed by atoms with E-state index in [0.29, 0.717) is 12.0 Å². The van der Waals surface area contributed by atoms with Crippen molar-refractivity contribution in [1.82, 2.24) is 5.32 Å². The van der Waals surface area contributed by atoms with E-state index in [1.807, 2.05) is 30.3 Å². The van der Waals surface area contributed by atoms with Gasteiger partial charge in [-0.05, 0) is 31.4 Å². The number of nitro benzene ring substituents is 1. The van der Waals surface area contributed by atoms with Crippen LogP contribution >= 0.6 is 0 Å². The van der Waals surface area contributed by atoms with Crippen molar-refractivity contribution in [3.8, 4) is 5.75 Å². The molecule has 148 valence electrons. The summed E-state index contributed by atoms with van der Waals surface area (Å²) in [5.74, 6) is -1.24. The van der Waals surface area contributed by atoms with Gasteiger partial charge in [0.2, 0.25) is 0 Å². The van der Waals surface area contributed by atoms with Crippen LogP contribution in [-0.4, -0.2) is 35.1 Å². The predicted octanol–water partition coefficient (Wildman–Crippen LogP) is 3.12. The van der Waals surface area contributed by atoms with Crippen LogP contribution in [0.3, 0.4) is 0 Å². The number of nitro groups is 1. The third kappa shape index (κ3) is 5.54. The number of hydrogen-bond donors (Lipinski definition) is 2. The topological polar surface area (TPSA) is 119 Å². The van der Waals surface area contributed by atoms with Gasteiger partial charge in [0.05, 0.1) is 17.6 Å². The third-order valence-electron chi connectivity index (χ3n) is 4.38. The first kappa shape index (κ1) is 20.9. The molecule has 0 heterocycles. The molecule has 8 nitrogen and oxygen atoms in total. The van der Waals surface area contributed by atoms with E-state index in [9.17, 15) is 19.7 Å². The summed E-state index contributed by atoms with van der Waals surface area (Å²) in [6, 6.07) is 11.6. The van der Waals surface area contributed by atoms with Crippen molar-refractivity contribution in [2.75, 3.05) is 7.11 Å². The molecule has 0 aliphatic heterocycles. The van der Waals surface area contributed by atoms with Crippen LogP contribution in [0.25, 0.3) is 0 Å². The number of methoxy groups -OCH3 is 1. The Morgan fingerprint density at radius 3 is 2.50 bits per heavy atom. The molecule has 0 bridgehead atoms. The number of rotatable bonds is 9. The molecule has 1 atom stereocenters. The van der Waals surface area contributed by atoms with Gasteiger partial charge in [0, 0.05) is 24.1 Å². The molecule has 2 N–H and O–H groups in total. The number of ether oxygens (including phenoxy) is 1. The van der Waals surface area contributed by atoms with Gasteiger partial charge in [-0.25, -0.2) is 0 Å². The summed E-state index contributed by atoms with van der Waals surface area (Å²) in [7, 11) is 1.37. The summed E-state index contributed by atoms with van der Waals surface area (Å²) >= 11 is 0. The maximum atomic E-state index is 12.7. The number of nitrogens with one attached hydrogen (secondary N) is 1. The minimum absolute atomic E-state index is 0.0857. The fraction of sp³-hybridized carbons (Fsp3) is 0.300. The Balaban J connectivity index is 2.25. The van der Waals surface area contributed by atoms with E-state index in [1.54, 1.807) is 6.92 Å². The van der Waals surface area contributed by atoms with Gasteiger partial charge in [-0.15, -0.1) is 0 Å². The molecule has 0 aliphatic carbocycles. The number of nitrogens with zero attached hydrogens (tertiary/aromatic N) is 1. The number of hydrogen-bond acceptors (Lipinski definition) is 5. The monoisotopic (exact) mass is 386 g/mol. The molecule has 0 aliphatic rings. The van der Waals surface area contributed by atoms with Crippen LogP contribution in [0, 0.1) is 17.0 Å². The molecule has 0 saturated carbocycles. The zero-order valence-corrected chi connectivity index (χ0v) is 15.7. The Labute approximate surface area is 162 Å².